The molecule has 0 aliphatic heterocycles. The Balaban J connectivity index is 2.92. The summed E-state index contributed by atoms with van der Waals surface area (Å²) in [6, 6.07) is -0.540. The summed E-state index contributed by atoms with van der Waals surface area (Å²) in [7, 11) is -3.59. The highest BCUT2D eigenvalue weighted by Gasteiger charge is 2.18. The largest absolute Gasteiger partial charge is 0.336 e. The Labute approximate surface area is 89.6 Å². The van der Waals surface area contributed by atoms with Crippen molar-refractivity contribution in [3.8, 4) is 12.3 Å². The third kappa shape index (κ3) is 2.81. The average Bonchev–Trinajstić information content (AvgIpc) is 2.65. The fourth-order valence-corrected chi connectivity index (χ4v) is 2.09. The number of terminal acetylenes is 1. The molecular formula is C9H13N3O2S. The van der Waals surface area contributed by atoms with Crippen molar-refractivity contribution in [1.29, 1.82) is 0 Å². The molecule has 1 rings (SSSR count). The Morgan fingerprint density at radius 1 is 1.73 bits per heavy atom. The molecule has 0 radical (unpaired) electrons. The summed E-state index contributed by atoms with van der Waals surface area (Å²) in [5, 5.41) is -0.00792. The van der Waals surface area contributed by atoms with Crippen molar-refractivity contribution < 1.29 is 8.42 Å². The lowest BCUT2D eigenvalue weighted by molar-refractivity contribution is 0.574. The maximum absolute atomic E-state index is 11.6. The monoisotopic (exact) mass is 227 g/mol. The van der Waals surface area contributed by atoms with Crippen LogP contribution in [0.15, 0.2) is 17.6 Å². The molecule has 0 aliphatic carbocycles. The molecule has 1 heterocycles. The second-order valence-corrected chi connectivity index (χ2v) is 4.71. The molecule has 1 N–H and O–H groups in total. The highest BCUT2D eigenvalue weighted by molar-refractivity contribution is 7.89. The minimum Gasteiger partial charge on any atom is -0.336 e. The van der Waals surface area contributed by atoms with Gasteiger partial charge < -0.3 is 4.57 Å². The fraction of sp³-hybridized carbons (Fsp3) is 0.444. The van der Waals surface area contributed by atoms with Gasteiger partial charge in [0, 0.05) is 12.7 Å². The van der Waals surface area contributed by atoms with Crippen molar-refractivity contribution in [2.75, 3.05) is 0 Å². The number of hydrogen-bond acceptors (Lipinski definition) is 3. The first-order chi connectivity index (χ1) is 6.99. The first-order valence-electron chi connectivity index (χ1n) is 4.50. The maximum atomic E-state index is 11.6. The lowest BCUT2D eigenvalue weighted by atomic mass is 10.4. The highest BCUT2D eigenvalue weighted by atomic mass is 32.2. The summed E-state index contributed by atoms with van der Waals surface area (Å²) in [6.45, 7) is 4.16. The Kier molecular flexibility index (Phi) is 3.50. The van der Waals surface area contributed by atoms with Gasteiger partial charge in [-0.25, -0.2) is 13.4 Å². The van der Waals surface area contributed by atoms with Crippen LogP contribution in [0.3, 0.4) is 0 Å². The number of aromatic nitrogens is 2. The predicted molar refractivity (Wildman–Crippen MR) is 56.5 cm³/mol. The van der Waals surface area contributed by atoms with Crippen molar-refractivity contribution in [3.05, 3.63) is 12.5 Å². The fourth-order valence-electron chi connectivity index (χ4n) is 0.978. The molecule has 0 bridgehead atoms. The predicted octanol–water partition coefficient (Wildman–Crippen LogP) is 0.203. The van der Waals surface area contributed by atoms with Crippen LogP contribution in [-0.4, -0.2) is 24.0 Å². The van der Waals surface area contributed by atoms with E-state index in [0.717, 1.165) is 0 Å². The third-order valence-electron chi connectivity index (χ3n) is 1.83. The first-order valence-corrected chi connectivity index (χ1v) is 5.98. The molecule has 0 spiro atoms. The van der Waals surface area contributed by atoms with Crippen molar-refractivity contribution in [2.24, 2.45) is 0 Å². The van der Waals surface area contributed by atoms with Crippen LogP contribution in [0.25, 0.3) is 0 Å². The van der Waals surface area contributed by atoms with E-state index in [9.17, 15) is 8.42 Å². The molecule has 5 nitrogen and oxygen atoms in total. The van der Waals surface area contributed by atoms with E-state index in [0.29, 0.717) is 6.54 Å². The molecule has 0 saturated carbocycles. The topological polar surface area (TPSA) is 64.0 Å². The summed E-state index contributed by atoms with van der Waals surface area (Å²) in [4.78, 5) is 3.79. The number of sulfonamides is 1. The SMILES string of the molecule is C#CC(C)NS(=O)(=O)c1cn(CC)cn1. The molecule has 1 aromatic rings. The molecule has 1 unspecified atom stereocenters. The molecule has 0 aromatic carbocycles. The van der Waals surface area contributed by atoms with Gasteiger partial charge >= 0.3 is 0 Å². The summed E-state index contributed by atoms with van der Waals surface area (Å²) < 4.78 is 27.3. The zero-order chi connectivity index (χ0) is 11.5. The molecule has 0 fully saturated rings. The van der Waals surface area contributed by atoms with Gasteiger partial charge in [0.1, 0.15) is 0 Å². The van der Waals surface area contributed by atoms with Gasteiger partial charge in [0.25, 0.3) is 10.0 Å². The van der Waals surface area contributed by atoms with Gasteiger partial charge in [-0.3, -0.25) is 0 Å². The standard InChI is InChI=1S/C9H13N3O2S/c1-4-8(3)11-15(13,14)9-6-12(5-2)7-10-9/h1,6-8,11H,5H2,2-3H3. The van der Waals surface area contributed by atoms with E-state index in [2.05, 4.69) is 15.6 Å². The van der Waals surface area contributed by atoms with Crippen molar-refractivity contribution in [2.45, 2.75) is 31.5 Å². The second kappa shape index (κ2) is 4.47. The quantitative estimate of drug-likeness (QED) is 0.747. The molecular weight excluding hydrogens is 214 g/mol. The normalized spacial score (nSPS) is 13.4. The summed E-state index contributed by atoms with van der Waals surface area (Å²) in [5.41, 5.74) is 0. The molecule has 6 heteroatoms. The number of hydrogen-bond donors (Lipinski definition) is 1. The van der Waals surface area contributed by atoms with Crippen molar-refractivity contribution >= 4 is 10.0 Å². The lowest BCUT2D eigenvalue weighted by Crippen LogP contribution is -2.31. The van der Waals surface area contributed by atoms with Gasteiger partial charge in [-0.2, -0.15) is 4.72 Å². The summed E-state index contributed by atoms with van der Waals surface area (Å²) >= 11 is 0. The molecule has 15 heavy (non-hydrogen) atoms. The second-order valence-electron chi connectivity index (χ2n) is 3.05. The van der Waals surface area contributed by atoms with Gasteiger partial charge in [0.05, 0.1) is 12.4 Å². The van der Waals surface area contributed by atoms with E-state index in [1.165, 1.54) is 12.5 Å². The third-order valence-corrected chi connectivity index (χ3v) is 3.26. The molecule has 1 aromatic heterocycles. The minimum atomic E-state index is -3.59. The Morgan fingerprint density at radius 2 is 2.40 bits per heavy atom. The van der Waals surface area contributed by atoms with Gasteiger partial charge in [-0.05, 0) is 13.8 Å². The number of rotatable bonds is 4. The van der Waals surface area contributed by atoms with E-state index < -0.39 is 16.1 Å². The van der Waals surface area contributed by atoms with E-state index in [1.54, 1.807) is 11.5 Å². The maximum Gasteiger partial charge on any atom is 0.260 e. The lowest BCUT2D eigenvalue weighted by Gasteiger charge is -2.05. The summed E-state index contributed by atoms with van der Waals surface area (Å²) in [6.07, 6.45) is 8.02. The molecule has 0 aliphatic rings. The van der Waals surface area contributed by atoms with Gasteiger partial charge in [-0.15, -0.1) is 6.42 Å². The van der Waals surface area contributed by atoms with Crippen molar-refractivity contribution in [3.63, 3.8) is 0 Å². The van der Waals surface area contributed by atoms with Crippen LogP contribution in [0.2, 0.25) is 0 Å². The number of nitrogens with one attached hydrogen (secondary N) is 1. The Bertz CT molecular complexity index is 470. The van der Waals surface area contributed by atoms with Crippen LogP contribution in [0.5, 0.6) is 0 Å². The van der Waals surface area contributed by atoms with Crippen LogP contribution in [-0.2, 0) is 16.6 Å². The van der Waals surface area contributed by atoms with Crippen LogP contribution < -0.4 is 4.72 Å². The van der Waals surface area contributed by atoms with Crippen LogP contribution >= 0.6 is 0 Å². The van der Waals surface area contributed by atoms with Crippen molar-refractivity contribution in [1.82, 2.24) is 14.3 Å². The van der Waals surface area contributed by atoms with Gasteiger partial charge in [0.15, 0.2) is 5.03 Å². The zero-order valence-electron chi connectivity index (χ0n) is 8.64. The van der Waals surface area contributed by atoms with Gasteiger partial charge in [0.2, 0.25) is 0 Å². The summed E-state index contributed by atoms with van der Waals surface area (Å²) in [5.74, 6) is 2.29. The van der Waals surface area contributed by atoms with E-state index in [1.807, 2.05) is 6.92 Å². The van der Waals surface area contributed by atoms with Crippen LogP contribution in [0, 0.1) is 12.3 Å². The number of imidazole rings is 1. The Morgan fingerprint density at radius 3 is 2.87 bits per heavy atom. The molecule has 0 saturated heterocycles. The van der Waals surface area contributed by atoms with E-state index in [4.69, 9.17) is 6.42 Å². The van der Waals surface area contributed by atoms with Gasteiger partial charge in [-0.1, -0.05) is 5.92 Å². The first kappa shape index (κ1) is 11.8. The molecule has 82 valence electrons. The molecule has 0 amide bonds. The van der Waals surface area contributed by atoms with E-state index in [-0.39, 0.29) is 5.03 Å². The number of aryl methyl sites for hydroxylation is 1. The number of nitrogens with zero attached hydrogens (tertiary/aromatic N) is 2. The highest BCUT2D eigenvalue weighted by Crippen LogP contribution is 2.05. The minimum absolute atomic E-state index is 0.00792. The van der Waals surface area contributed by atoms with Crippen LogP contribution in [0.4, 0.5) is 0 Å². The molecule has 1 atom stereocenters. The average molecular weight is 227 g/mol. The zero-order valence-corrected chi connectivity index (χ0v) is 9.45. The Hall–Kier alpha value is -1.32. The van der Waals surface area contributed by atoms with Crippen LogP contribution in [0.1, 0.15) is 13.8 Å². The smallest absolute Gasteiger partial charge is 0.260 e. The van der Waals surface area contributed by atoms with E-state index >= 15 is 0 Å².